The molecule has 14 nitrogen and oxygen atoms in total. The zero-order valence-electron chi connectivity index (χ0n) is 30.8. The van der Waals surface area contributed by atoms with Gasteiger partial charge in [-0.1, -0.05) is 47.1 Å². The predicted molar refractivity (Wildman–Crippen MR) is 187 cm³/mol. The average molecular weight is 710 g/mol. The number of carboxylic acid groups (broad SMARTS) is 1. The van der Waals surface area contributed by atoms with Crippen LogP contribution in [0.4, 0.5) is 0 Å². The van der Waals surface area contributed by atoms with E-state index >= 15 is 0 Å². The third kappa shape index (κ3) is 18.6. The monoisotopic (exact) mass is 709 g/mol. The third-order valence-electron chi connectivity index (χ3n) is 8.35. The van der Waals surface area contributed by atoms with Gasteiger partial charge in [0.1, 0.15) is 18.6 Å². The summed E-state index contributed by atoms with van der Waals surface area (Å²) in [6.07, 6.45) is 2.78. The molecule has 14 heteroatoms. The van der Waals surface area contributed by atoms with E-state index in [0.717, 1.165) is 36.7 Å². The van der Waals surface area contributed by atoms with Crippen molar-refractivity contribution >= 4 is 37.0 Å². The number of benzene rings is 1. The third-order valence-corrected chi connectivity index (χ3v) is 8.35. The molecule has 0 spiro atoms. The van der Waals surface area contributed by atoms with E-state index in [1.54, 1.807) is 30.1 Å². The number of nitrogens with one attached hydrogen (secondary N) is 2. The standard InChI is InChI=1S/C19H35N3O4.C15H18O7.C2H6/c1-16(2)19(3,9-13-23)14-18(26)22(4)12-7-5-6-8-17(25)21-11-10-20-15-24;1-9-4-10(7-20-8-16)2-3-12(9)21-14-6-11(17)5-13(22-14)15(18)19;1-2/h13,15-16H,5-12,14H2,1-4H3,(H,20,24)(H,21,25);2-4,8,11,13-14,17H,5-7H2,1H3,(H,18,19);1-2H3. The molecular formula is C36H59N3O11. The molecule has 0 aliphatic carbocycles. The van der Waals surface area contributed by atoms with E-state index < -0.39 is 24.5 Å². The summed E-state index contributed by atoms with van der Waals surface area (Å²) >= 11 is 0. The lowest BCUT2D eigenvalue weighted by atomic mass is 9.74. The molecule has 4 unspecified atom stereocenters. The van der Waals surface area contributed by atoms with Gasteiger partial charge < -0.3 is 44.8 Å². The van der Waals surface area contributed by atoms with Gasteiger partial charge in [0, 0.05) is 58.8 Å². The average Bonchev–Trinajstić information content (AvgIpc) is 3.07. The number of ether oxygens (including phenoxy) is 3. The van der Waals surface area contributed by atoms with Crippen LogP contribution in [0, 0.1) is 18.3 Å². The minimum atomic E-state index is -1.12. The number of carbonyl (C=O) groups excluding carboxylic acids is 5. The highest BCUT2D eigenvalue weighted by atomic mass is 16.7. The van der Waals surface area contributed by atoms with Crippen molar-refractivity contribution in [2.75, 3.05) is 26.7 Å². The first-order valence-corrected chi connectivity index (χ1v) is 17.2. The molecule has 1 heterocycles. The Morgan fingerprint density at radius 3 is 2.38 bits per heavy atom. The Labute approximate surface area is 296 Å². The summed E-state index contributed by atoms with van der Waals surface area (Å²) in [5, 5.41) is 23.9. The van der Waals surface area contributed by atoms with Crippen LogP contribution >= 0.6 is 0 Å². The molecule has 1 fully saturated rings. The maximum Gasteiger partial charge on any atom is 0.333 e. The number of aryl methyl sites for hydroxylation is 1. The Morgan fingerprint density at radius 2 is 1.80 bits per heavy atom. The Morgan fingerprint density at radius 1 is 1.10 bits per heavy atom. The molecule has 1 aliphatic rings. The molecule has 50 heavy (non-hydrogen) atoms. The summed E-state index contributed by atoms with van der Waals surface area (Å²) in [5.74, 6) is -0.305. The van der Waals surface area contributed by atoms with Crippen molar-refractivity contribution in [3.05, 3.63) is 29.3 Å². The largest absolute Gasteiger partial charge is 0.479 e. The van der Waals surface area contributed by atoms with Crippen LogP contribution in [0.3, 0.4) is 0 Å². The normalized spacial score (nSPS) is 17.7. The van der Waals surface area contributed by atoms with Gasteiger partial charge in [-0.15, -0.1) is 0 Å². The number of aliphatic carboxylic acids is 1. The van der Waals surface area contributed by atoms with E-state index in [2.05, 4.69) is 15.4 Å². The molecule has 2 rings (SSSR count). The van der Waals surface area contributed by atoms with Gasteiger partial charge in [0.2, 0.25) is 24.5 Å². The molecule has 1 saturated heterocycles. The van der Waals surface area contributed by atoms with E-state index in [-0.39, 0.29) is 42.6 Å². The number of unbranched alkanes of at least 4 members (excludes halogenated alkanes) is 2. The molecule has 1 aromatic carbocycles. The molecule has 1 aliphatic heterocycles. The first-order valence-electron chi connectivity index (χ1n) is 17.2. The van der Waals surface area contributed by atoms with Crippen LogP contribution in [-0.2, 0) is 44.8 Å². The van der Waals surface area contributed by atoms with Crippen molar-refractivity contribution in [3.8, 4) is 5.75 Å². The van der Waals surface area contributed by atoms with Gasteiger partial charge in [0.25, 0.3) is 6.47 Å². The van der Waals surface area contributed by atoms with Crippen molar-refractivity contribution in [1.29, 1.82) is 0 Å². The first-order chi connectivity index (χ1) is 23.8. The van der Waals surface area contributed by atoms with E-state index in [4.69, 9.17) is 14.6 Å². The quantitative estimate of drug-likeness (QED) is 0.108. The number of hydrogen-bond acceptors (Lipinski definition) is 10. The minimum absolute atomic E-state index is 0.0244. The maximum atomic E-state index is 12.4. The van der Waals surface area contributed by atoms with Crippen molar-refractivity contribution in [2.45, 2.75) is 118 Å². The maximum absolute atomic E-state index is 12.4. The molecule has 0 aromatic heterocycles. The van der Waals surface area contributed by atoms with Crippen molar-refractivity contribution in [2.24, 2.45) is 11.3 Å². The van der Waals surface area contributed by atoms with Gasteiger partial charge in [-0.05, 0) is 54.4 Å². The second kappa shape index (κ2) is 25.9. The topological polar surface area (TPSA) is 198 Å². The van der Waals surface area contributed by atoms with Crippen molar-refractivity contribution in [3.63, 3.8) is 0 Å². The smallest absolute Gasteiger partial charge is 0.333 e. The highest BCUT2D eigenvalue weighted by molar-refractivity contribution is 5.77. The molecule has 284 valence electrons. The van der Waals surface area contributed by atoms with Gasteiger partial charge in [-0.25, -0.2) is 4.79 Å². The Balaban J connectivity index is 0.000000923. The van der Waals surface area contributed by atoms with Crippen LogP contribution in [0.1, 0.15) is 97.1 Å². The lowest BCUT2D eigenvalue weighted by molar-refractivity contribution is -0.195. The Kier molecular flexibility index (Phi) is 23.8. The van der Waals surface area contributed by atoms with Gasteiger partial charge in [-0.3, -0.25) is 19.2 Å². The van der Waals surface area contributed by atoms with Gasteiger partial charge in [0.05, 0.1) is 6.10 Å². The number of aliphatic hydroxyl groups excluding tert-OH is 1. The van der Waals surface area contributed by atoms with Crippen LogP contribution in [0.5, 0.6) is 5.75 Å². The summed E-state index contributed by atoms with van der Waals surface area (Å²) in [4.78, 5) is 67.8. The Bertz CT molecular complexity index is 1180. The fourth-order valence-electron chi connectivity index (χ4n) is 4.84. The SMILES string of the molecule is CC.CC(C)C(C)(CC=O)CC(=O)N(C)CCCCCC(=O)NCCNC=O.Cc1cc(COC=O)ccc1OC1CC(O)CC(C(=O)O)O1. The molecule has 0 bridgehead atoms. The van der Waals surface area contributed by atoms with Crippen LogP contribution in [0.2, 0.25) is 0 Å². The number of hydrogen-bond donors (Lipinski definition) is 4. The second-order valence-corrected chi connectivity index (χ2v) is 12.5. The number of carboxylic acids is 1. The second-order valence-electron chi connectivity index (χ2n) is 12.5. The van der Waals surface area contributed by atoms with Crippen LogP contribution < -0.4 is 15.4 Å². The summed E-state index contributed by atoms with van der Waals surface area (Å²) in [6, 6.07) is 5.23. The van der Waals surface area contributed by atoms with Gasteiger partial charge in [0.15, 0.2) is 6.10 Å². The Hall–Kier alpha value is -4.04. The van der Waals surface area contributed by atoms with E-state index in [0.29, 0.717) is 57.5 Å². The number of carbonyl (C=O) groups is 6. The van der Waals surface area contributed by atoms with Crippen LogP contribution in [0.15, 0.2) is 18.2 Å². The molecular weight excluding hydrogens is 650 g/mol. The minimum Gasteiger partial charge on any atom is -0.479 e. The summed E-state index contributed by atoms with van der Waals surface area (Å²) in [6.45, 7) is 13.9. The van der Waals surface area contributed by atoms with Crippen molar-refractivity contribution in [1.82, 2.24) is 15.5 Å². The molecule has 3 amide bonds. The summed E-state index contributed by atoms with van der Waals surface area (Å²) < 4.78 is 15.6. The highest BCUT2D eigenvalue weighted by Crippen LogP contribution is 2.34. The fraction of sp³-hybridized carbons (Fsp3) is 0.667. The lowest BCUT2D eigenvalue weighted by Gasteiger charge is -2.33. The zero-order valence-corrected chi connectivity index (χ0v) is 30.8. The lowest BCUT2D eigenvalue weighted by Crippen LogP contribution is -2.42. The van der Waals surface area contributed by atoms with E-state index in [9.17, 15) is 33.9 Å². The fourth-order valence-corrected chi connectivity index (χ4v) is 4.84. The summed E-state index contributed by atoms with van der Waals surface area (Å²) in [7, 11) is 1.79. The van der Waals surface area contributed by atoms with Crippen LogP contribution in [0.25, 0.3) is 0 Å². The van der Waals surface area contributed by atoms with Crippen molar-refractivity contribution < 1.29 is 53.2 Å². The zero-order chi connectivity index (χ0) is 38.1. The number of nitrogens with zero attached hydrogens (tertiary/aromatic N) is 1. The van der Waals surface area contributed by atoms with E-state index in [1.165, 1.54) is 0 Å². The predicted octanol–water partition coefficient (Wildman–Crippen LogP) is 3.53. The van der Waals surface area contributed by atoms with Crippen LogP contribution in [-0.4, -0.2) is 97.2 Å². The molecule has 1 aromatic rings. The highest BCUT2D eigenvalue weighted by Gasteiger charge is 2.34. The van der Waals surface area contributed by atoms with Gasteiger partial charge in [-0.2, -0.15) is 0 Å². The van der Waals surface area contributed by atoms with Gasteiger partial charge >= 0.3 is 5.97 Å². The number of aliphatic hydroxyl groups is 1. The summed E-state index contributed by atoms with van der Waals surface area (Å²) in [5.41, 5.74) is 1.30. The molecule has 4 N–H and O–H groups in total. The molecule has 0 radical (unpaired) electrons. The first kappa shape index (κ1) is 46.0. The number of aldehydes is 1. The molecule has 4 atom stereocenters. The molecule has 0 saturated carbocycles. The number of rotatable bonds is 21. The number of amides is 3. The van der Waals surface area contributed by atoms with E-state index in [1.807, 2.05) is 41.5 Å².